The number of aromatic carboxylic acids is 1. The lowest BCUT2D eigenvalue weighted by atomic mass is 10.2. The molecule has 0 radical (unpaired) electrons. The average Bonchev–Trinajstić information content (AvgIpc) is 2.35. The topological polar surface area (TPSA) is 78.4 Å². The van der Waals surface area contributed by atoms with Crippen molar-refractivity contribution in [2.45, 2.75) is 19.0 Å². The fourth-order valence-electron chi connectivity index (χ4n) is 1.43. The highest BCUT2D eigenvalue weighted by Gasteiger charge is 2.25. The van der Waals surface area contributed by atoms with Crippen molar-refractivity contribution in [2.75, 3.05) is 11.9 Å². The summed E-state index contributed by atoms with van der Waals surface area (Å²) < 4.78 is 48.7. The number of amides is 2. The van der Waals surface area contributed by atoms with Gasteiger partial charge < -0.3 is 15.7 Å². The van der Waals surface area contributed by atoms with Crippen molar-refractivity contribution >= 4 is 17.7 Å². The van der Waals surface area contributed by atoms with Crippen LogP contribution in [0.15, 0.2) is 18.2 Å². The van der Waals surface area contributed by atoms with Gasteiger partial charge in [-0.05, 0) is 24.6 Å². The maximum Gasteiger partial charge on any atom is 0.389 e. The predicted molar refractivity (Wildman–Crippen MR) is 65.7 cm³/mol. The summed E-state index contributed by atoms with van der Waals surface area (Å²) in [4.78, 5) is 22.0. The second kappa shape index (κ2) is 6.91. The highest BCUT2D eigenvalue weighted by molar-refractivity contribution is 5.93. The fourth-order valence-corrected chi connectivity index (χ4v) is 1.43. The molecule has 0 saturated carbocycles. The summed E-state index contributed by atoms with van der Waals surface area (Å²) in [6.45, 7) is -0.196. The molecular weight excluding hydrogens is 296 g/mol. The molecule has 21 heavy (non-hydrogen) atoms. The van der Waals surface area contributed by atoms with Gasteiger partial charge in [0.2, 0.25) is 0 Å². The zero-order valence-corrected chi connectivity index (χ0v) is 10.6. The minimum atomic E-state index is -4.29. The number of rotatable bonds is 5. The van der Waals surface area contributed by atoms with Crippen LogP contribution >= 0.6 is 0 Å². The molecule has 0 aliphatic heterocycles. The lowest BCUT2D eigenvalue weighted by Gasteiger charge is -2.09. The predicted octanol–water partition coefficient (Wildman–Crippen LogP) is 2.99. The summed E-state index contributed by atoms with van der Waals surface area (Å²) in [5.41, 5.74) is -0.605. The van der Waals surface area contributed by atoms with Crippen LogP contribution in [0.2, 0.25) is 0 Å². The Hall–Kier alpha value is -2.32. The largest absolute Gasteiger partial charge is 0.478 e. The Labute approximate surface area is 117 Å². The van der Waals surface area contributed by atoms with Crippen LogP contribution < -0.4 is 10.6 Å². The number of anilines is 1. The van der Waals surface area contributed by atoms with E-state index in [-0.39, 0.29) is 18.7 Å². The number of hydrogen-bond acceptors (Lipinski definition) is 2. The first-order chi connectivity index (χ1) is 9.69. The molecule has 1 aromatic carbocycles. The second-order valence-electron chi connectivity index (χ2n) is 4.10. The molecule has 5 nitrogen and oxygen atoms in total. The average molecular weight is 308 g/mol. The summed E-state index contributed by atoms with van der Waals surface area (Å²) in [5, 5.41) is 13.1. The molecule has 0 spiro atoms. The van der Waals surface area contributed by atoms with Crippen molar-refractivity contribution in [2.24, 2.45) is 0 Å². The standard InChI is InChI=1S/C12H12F4N2O3/c13-9-3-2-7(6-8(9)10(19)20)18-11(21)17-5-1-4-12(14,15)16/h2-3,6H,1,4-5H2,(H,19,20)(H2,17,18,21). The van der Waals surface area contributed by atoms with Crippen molar-refractivity contribution in [1.29, 1.82) is 0 Å². The normalized spacial score (nSPS) is 11.0. The van der Waals surface area contributed by atoms with Crippen molar-refractivity contribution in [1.82, 2.24) is 5.32 Å². The molecule has 116 valence electrons. The molecule has 0 aliphatic carbocycles. The second-order valence-corrected chi connectivity index (χ2v) is 4.10. The number of carbonyl (C=O) groups is 2. The van der Waals surface area contributed by atoms with Crippen LogP contribution in [0.4, 0.5) is 28.0 Å². The van der Waals surface area contributed by atoms with Crippen molar-refractivity contribution in [3.63, 3.8) is 0 Å². The van der Waals surface area contributed by atoms with E-state index in [1.807, 2.05) is 0 Å². The number of urea groups is 1. The lowest BCUT2D eigenvalue weighted by molar-refractivity contribution is -0.135. The van der Waals surface area contributed by atoms with Crippen LogP contribution in [-0.4, -0.2) is 29.8 Å². The van der Waals surface area contributed by atoms with Gasteiger partial charge >= 0.3 is 18.2 Å². The van der Waals surface area contributed by atoms with E-state index < -0.39 is 36.0 Å². The summed E-state index contributed by atoms with van der Waals surface area (Å²) >= 11 is 0. The lowest BCUT2D eigenvalue weighted by Crippen LogP contribution is -2.30. The van der Waals surface area contributed by atoms with Crippen LogP contribution in [0.5, 0.6) is 0 Å². The molecule has 9 heteroatoms. The number of carboxylic acid groups (broad SMARTS) is 1. The van der Waals surface area contributed by atoms with E-state index in [9.17, 15) is 27.2 Å². The number of hydrogen-bond donors (Lipinski definition) is 3. The molecule has 0 unspecified atom stereocenters. The Bertz CT molecular complexity index is 532. The maximum absolute atomic E-state index is 13.1. The van der Waals surface area contributed by atoms with Gasteiger partial charge in [-0.2, -0.15) is 13.2 Å². The Morgan fingerprint density at radius 1 is 1.24 bits per heavy atom. The number of benzene rings is 1. The highest BCUT2D eigenvalue weighted by Crippen LogP contribution is 2.20. The van der Waals surface area contributed by atoms with Crippen LogP contribution in [0, 0.1) is 5.82 Å². The summed E-state index contributed by atoms with van der Waals surface area (Å²) in [7, 11) is 0. The van der Waals surface area contributed by atoms with Gasteiger partial charge in [-0.25, -0.2) is 14.0 Å². The first-order valence-corrected chi connectivity index (χ1v) is 5.83. The molecule has 0 atom stereocenters. The Morgan fingerprint density at radius 2 is 1.90 bits per heavy atom. The number of nitrogens with one attached hydrogen (secondary N) is 2. The van der Waals surface area contributed by atoms with Gasteiger partial charge in [0, 0.05) is 18.7 Å². The van der Waals surface area contributed by atoms with Gasteiger partial charge in [-0.1, -0.05) is 0 Å². The zero-order valence-electron chi connectivity index (χ0n) is 10.6. The van der Waals surface area contributed by atoms with E-state index in [1.165, 1.54) is 0 Å². The zero-order chi connectivity index (χ0) is 16.0. The first kappa shape index (κ1) is 16.7. The Kier molecular flexibility index (Phi) is 5.51. The van der Waals surface area contributed by atoms with Gasteiger partial charge in [0.15, 0.2) is 0 Å². The smallest absolute Gasteiger partial charge is 0.389 e. The third kappa shape index (κ3) is 6.11. The van der Waals surface area contributed by atoms with Crippen LogP contribution in [0.25, 0.3) is 0 Å². The fraction of sp³-hybridized carbons (Fsp3) is 0.333. The molecule has 0 bridgehead atoms. The molecule has 1 aromatic rings. The third-order valence-corrected chi connectivity index (χ3v) is 2.38. The number of halogens is 4. The molecule has 2 amide bonds. The van der Waals surface area contributed by atoms with Crippen molar-refractivity contribution in [3.05, 3.63) is 29.6 Å². The SMILES string of the molecule is O=C(NCCCC(F)(F)F)Nc1ccc(F)c(C(=O)O)c1. The van der Waals surface area contributed by atoms with Gasteiger partial charge in [-0.15, -0.1) is 0 Å². The monoisotopic (exact) mass is 308 g/mol. The van der Waals surface area contributed by atoms with Crippen molar-refractivity contribution in [3.8, 4) is 0 Å². The molecule has 1 rings (SSSR count). The van der Waals surface area contributed by atoms with E-state index in [1.54, 1.807) is 0 Å². The maximum atomic E-state index is 13.1. The highest BCUT2D eigenvalue weighted by atomic mass is 19.4. The third-order valence-electron chi connectivity index (χ3n) is 2.38. The molecule has 0 aliphatic rings. The molecule has 0 heterocycles. The van der Waals surface area contributed by atoms with Crippen LogP contribution in [0.1, 0.15) is 23.2 Å². The summed E-state index contributed by atoms with van der Waals surface area (Å²) in [6, 6.07) is 2.10. The van der Waals surface area contributed by atoms with Gasteiger partial charge in [0.05, 0.1) is 5.56 Å². The summed E-state index contributed by atoms with van der Waals surface area (Å²) in [6.07, 6.45) is -5.58. The Balaban J connectivity index is 2.48. The van der Waals surface area contributed by atoms with E-state index in [2.05, 4.69) is 10.6 Å². The summed E-state index contributed by atoms with van der Waals surface area (Å²) in [5.74, 6) is -2.46. The minimum absolute atomic E-state index is 0.0159. The van der Waals surface area contributed by atoms with Gasteiger partial charge in [0.1, 0.15) is 5.82 Å². The van der Waals surface area contributed by atoms with Gasteiger partial charge in [-0.3, -0.25) is 0 Å². The number of alkyl halides is 3. The first-order valence-electron chi connectivity index (χ1n) is 5.83. The number of carboxylic acids is 1. The van der Waals surface area contributed by atoms with E-state index in [0.29, 0.717) is 0 Å². The van der Waals surface area contributed by atoms with Crippen molar-refractivity contribution < 1.29 is 32.3 Å². The molecular formula is C12H12F4N2O3. The number of carbonyl (C=O) groups excluding carboxylic acids is 1. The van der Waals surface area contributed by atoms with Crippen LogP contribution in [0.3, 0.4) is 0 Å². The van der Waals surface area contributed by atoms with E-state index >= 15 is 0 Å². The van der Waals surface area contributed by atoms with Crippen LogP contribution in [-0.2, 0) is 0 Å². The molecule has 3 N–H and O–H groups in total. The molecule has 0 fully saturated rings. The van der Waals surface area contributed by atoms with E-state index in [4.69, 9.17) is 5.11 Å². The van der Waals surface area contributed by atoms with E-state index in [0.717, 1.165) is 18.2 Å². The van der Waals surface area contributed by atoms with Gasteiger partial charge in [0.25, 0.3) is 0 Å². The Morgan fingerprint density at radius 3 is 2.48 bits per heavy atom. The minimum Gasteiger partial charge on any atom is -0.478 e. The quantitative estimate of drug-likeness (QED) is 0.578. The molecule has 0 saturated heterocycles. The molecule has 0 aromatic heterocycles.